The lowest BCUT2D eigenvalue weighted by Crippen LogP contribution is -2.12. The molecule has 0 heteroatoms. The van der Waals surface area contributed by atoms with Crippen molar-refractivity contribution >= 4 is 0 Å². The molecule has 2 fully saturated rings. The Bertz CT molecular complexity index is 301. The van der Waals surface area contributed by atoms with E-state index in [0.29, 0.717) is 0 Å². The van der Waals surface area contributed by atoms with E-state index in [2.05, 4.69) is 30.3 Å². The fourth-order valence-electron chi connectivity index (χ4n) is 3.54. The number of rotatable bonds is 2. The Labute approximate surface area is 86.3 Å². The summed E-state index contributed by atoms with van der Waals surface area (Å²) >= 11 is 0. The van der Waals surface area contributed by atoms with Crippen molar-refractivity contribution < 1.29 is 0 Å². The van der Waals surface area contributed by atoms with Crippen LogP contribution in [0.3, 0.4) is 0 Å². The minimum absolute atomic E-state index is 1.01. The second-order valence-electron chi connectivity index (χ2n) is 5.12. The van der Waals surface area contributed by atoms with Crippen molar-refractivity contribution in [3.05, 3.63) is 35.9 Å². The van der Waals surface area contributed by atoms with E-state index >= 15 is 0 Å². The standard InChI is InChI=1S/C14H18/c1-2-4-11(5-3-1)8-14-10-12-6-7-13(14)9-12/h1-5,12-14H,6-10H2/t12-,13+,14+/m1/s1. The van der Waals surface area contributed by atoms with Crippen molar-refractivity contribution in [1.29, 1.82) is 0 Å². The van der Waals surface area contributed by atoms with Crippen molar-refractivity contribution in [3.8, 4) is 0 Å². The molecule has 1 aromatic rings. The molecule has 0 aliphatic heterocycles. The quantitative estimate of drug-likeness (QED) is 0.661. The third-order valence-corrected chi connectivity index (χ3v) is 4.23. The van der Waals surface area contributed by atoms with Gasteiger partial charge in [0.1, 0.15) is 0 Å². The number of hydrogen-bond donors (Lipinski definition) is 0. The number of fused-ring (bicyclic) bond motifs is 2. The van der Waals surface area contributed by atoms with Crippen molar-refractivity contribution in [3.63, 3.8) is 0 Å². The van der Waals surface area contributed by atoms with Crippen LogP contribution in [-0.4, -0.2) is 0 Å². The second kappa shape index (κ2) is 3.42. The highest BCUT2D eigenvalue weighted by Gasteiger charge is 2.38. The zero-order valence-electron chi connectivity index (χ0n) is 8.65. The molecular weight excluding hydrogens is 168 g/mol. The van der Waals surface area contributed by atoms with Crippen LogP contribution in [0.5, 0.6) is 0 Å². The Balaban J connectivity index is 1.69. The molecule has 0 amide bonds. The Morgan fingerprint density at radius 1 is 1.00 bits per heavy atom. The van der Waals surface area contributed by atoms with Crippen molar-refractivity contribution in [2.24, 2.45) is 17.8 Å². The predicted molar refractivity (Wildman–Crippen MR) is 59.1 cm³/mol. The Hall–Kier alpha value is -0.780. The van der Waals surface area contributed by atoms with Crippen molar-refractivity contribution in [2.45, 2.75) is 32.1 Å². The first-order chi connectivity index (χ1) is 6.92. The largest absolute Gasteiger partial charge is 0.0622 e. The molecule has 0 spiro atoms. The van der Waals surface area contributed by atoms with Gasteiger partial charge in [-0.3, -0.25) is 0 Å². The molecule has 74 valence electrons. The van der Waals surface area contributed by atoms with Gasteiger partial charge in [0.2, 0.25) is 0 Å². The molecule has 2 aliphatic carbocycles. The van der Waals surface area contributed by atoms with Gasteiger partial charge < -0.3 is 0 Å². The molecular formula is C14H18. The highest BCUT2D eigenvalue weighted by molar-refractivity contribution is 5.16. The summed E-state index contributed by atoms with van der Waals surface area (Å²) in [5.74, 6) is 3.17. The van der Waals surface area contributed by atoms with Gasteiger partial charge in [-0.25, -0.2) is 0 Å². The third-order valence-electron chi connectivity index (χ3n) is 4.23. The van der Waals surface area contributed by atoms with Crippen LogP contribution >= 0.6 is 0 Å². The molecule has 0 unspecified atom stereocenters. The van der Waals surface area contributed by atoms with Crippen molar-refractivity contribution in [2.75, 3.05) is 0 Å². The van der Waals surface area contributed by atoms with Crippen LogP contribution in [-0.2, 0) is 6.42 Å². The lowest BCUT2D eigenvalue weighted by molar-refractivity contribution is 0.331. The summed E-state index contributed by atoms with van der Waals surface area (Å²) < 4.78 is 0. The summed E-state index contributed by atoms with van der Waals surface area (Å²) in [6.45, 7) is 0. The summed E-state index contributed by atoms with van der Waals surface area (Å²) in [6.07, 6.45) is 7.43. The molecule has 0 nitrogen and oxygen atoms in total. The van der Waals surface area contributed by atoms with Crippen LogP contribution in [0.1, 0.15) is 31.2 Å². The van der Waals surface area contributed by atoms with E-state index in [1.54, 1.807) is 5.56 Å². The molecule has 2 aliphatic rings. The first kappa shape index (κ1) is 8.52. The Morgan fingerprint density at radius 2 is 1.86 bits per heavy atom. The van der Waals surface area contributed by atoms with E-state index < -0.39 is 0 Å². The maximum atomic E-state index is 2.28. The van der Waals surface area contributed by atoms with E-state index in [1.165, 1.54) is 32.1 Å². The molecule has 1 aromatic carbocycles. The van der Waals surface area contributed by atoms with E-state index in [-0.39, 0.29) is 0 Å². The molecule has 2 bridgehead atoms. The number of benzene rings is 1. The first-order valence-electron chi connectivity index (χ1n) is 5.96. The van der Waals surface area contributed by atoms with Crippen molar-refractivity contribution in [1.82, 2.24) is 0 Å². The highest BCUT2D eigenvalue weighted by atomic mass is 14.4. The third kappa shape index (κ3) is 1.47. The maximum absolute atomic E-state index is 2.28. The van der Waals surface area contributed by atoms with E-state index in [1.807, 2.05) is 0 Å². The molecule has 0 N–H and O–H groups in total. The molecule has 2 saturated carbocycles. The van der Waals surface area contributed by atoms with E-state index in [0.717, 1.165) is 17.8 Å². The molecule has 3 atom stereocenters. The van der Waals surface area contributed by atoms with Crippen LogP contribution in [0.25, 0.3) is 0 Å². The fourth-order valence-corrected chi connectivity index (χ4v) is 3.54. The first-order valence-corrected chi connectivity index (χ1v) is 5.96. The summed E-state index contributed by atoms with van der Waals surface area (Å²) in [5, 5.41) is 0. The molecule has 3 rings (SSSR count). The van der Waals surface area contributed by atoms with Gasteiger partial charge in [-0.1, -0.05) is 36.8 Å². The topological polar surface area (TPSA) is 0 Å². The van der Waals surface area contributed by atoms with Crippen LogP contribution in [0, 0.1) is 17.8 Å². The lowest BCUT2D eigenvalue weighted by Gasteiger charge is -2.21. The van der Waals surface area contributed by atoms with Gasteiger partial charge in [0.05, 0.1) is 0 Å². The maximum Gasteiger partial charge on any atom is -0.0248 e. The fraction of sp³-hybridized carbons (Fsp3) is 0.571. The molecule has 0 heterocycles. The van der Waals surface area contributed by atoms with Gasteiger partial charge >= 0.3 is 0 Å². The SMILES string of the molecule is c1ccc(C[C@H]2C[C@@H]3CC[C@H]2C3)cc1. The average molecular weight is 186 g/mol. The molecule has 0 radical (unpaired) electrons. The Kier molecular flexibility index (Phi) is 2.08. The average Bonchev–Trinajstić information content (AvgIpc) is 2.81. The van der Waals surface area contributed by atoms with Gasteiger partial charge in [0.15, 0.2) is 0 Å². The normalized spacial score (nSPS) is 35.0. The van der Waals surface area contributed by atoms with Crippen LogP contribution in [0.2, 0.25) is 0 Å². The van der Waals surface area contributed by atoms with Gasteiger partial charge in [-0.05, 0) is 49.0 Å². The summed E-state index contributed by atoms with van der Waals surface area (Å²) in [4.78, 5) is 0. The zero-order valence-corrected chi connectivity index (χ0v) is 8.65. The summed E-state index contributed by atoms with van der Waals surface area (Å²) in [6, 6.07) is 11.0. The van der Waals surface area contributed by atoms with Crippen LogP contribution in [0.4, 0.5) is 0 Å². The minimum atomic E-state index is 1.01. The lowest BCUT2D eigenvalue weighted by atomic mass is 9.84. The number of hydrogen-bond acceptors (Lipinski definition) is 0. The monoisotopic (exact) mass is 186 g/mol. The van der Waals surface area contributed by atoms with Gasteiger partial charge in [0.25, 0.3) is 0 Å². The highest BCUT2D eigenvalue weighted by Crippen LogP contribution is 2.49. The smallest absolute Gasteiger partial charge is 0.0248 e. The minimum Gasteiger partial charge on any atom is -0.0622 e. The Morgan fingerprint density at radius 3 is 2.50 bits per heavy atom. The zero-order chi connectivity index (χ0) is 9.38. The van der Waals surface area contributed by atoms with E-state index in [9.17, 15) is 0 Å². The van der Waals surface area contributed by atoms with E-state index in [4.69, 9.17) is 0 Å². The van der Waals surface area contributed by atoms with Gasteiger partial charge in [0, 0.05) is 0 Å². The van der Waals surface area contributed by atoms with Gasteiger partial charge in [-0.15, -0.1) is 0 Å². The van der Waals surface area contributed by atoms with Crippen LogP contribution < -0.4 is 0 Å². The molecule has 14 heavy (non-hydrogen) atoms. The molecule has 0 saturated heterocycles. The summed E-state index contributed by atoms with van der Waals surface area (Å²) in [7, 11) is 0. The predicted octanol–water partition coefficient (Wildman–Crippen LogP) is 3.67. The summed E-state index contributed by atoms with van der Waals surface area (Å²) in [5.41, 5.74) is 1.55. The molecule has 0 aromatic heterocycles. The second-order valence-corrected chi connectivity index (χ2v) is 5.12. The van der Waals surface area contributed by atoms with Gasteiger partial charge in [-0.2, -0.15) is 0 Å². The van der Waals surface area contributed by atoms with Crippen LogP contribution in [0.15, 0.2) is 30.3 Å².